The first-order valence-electron chi connectivity index (χ1n) is 7.56. The van der Waals surface area contributed by atoms with E-state index in [0.29, 0.717) is 6.04 Å². The van der Waals surface area contributed by atoms with Crippen LogP contribution in [0, 0.1) is 5.92 Å². The molecule has 1 fully saturated rings. The molecule has 0 spiro atoms. The number of halogens is 3. The summed E-state index contributed by atoms with van der Waals surface area (Å²) in [6, 6.07) is 7.21. The van der Waals surface area contributed by atoms with Gasteiger partial charge in [-0.3, -0.25) is 0 Å². The molecule has 0 bridgehead atoms. The third-order valence-electron chi connectivity index (χ3n) is 4.16. The summed E-state index contributed by atoms with van der Waals surface area (Å²) in [7, 11) is 0. The molecule has 1 aliphatic carbocycles. The van der Waals surface area contributed by atoms with Crippen LogP contribution >= 0.6 is 11.8 Å². The predicted octanol–water partition coefficient (Wildman–Crippen LogP) is 5.36. The minimum atomic E-state index is -4.21. The monoisotopic (exact) mass is 317 g/mol. The van der Waals surface area contributed by atoms with Gasteiger partial charge in [0.15, 0.2) is 0 Å². The van der Waals surface area contributed by atoms with Crippen molar-refractivity contribution < 1.29 is 13.2 Å². The Labute approximate surface area is 128 Å². The Morgan fingerprint density at radius 3 is 2.43 bits per heavy atom. The Balaban J connectivity index is 1.85. The van der Waals surface area contributed by atoms with Crippen LogP contribution in [-0.4, -0.2) is 11.6 Å². The zero-order chi connectivity index (χ0) is 15.3. The second-order valence-corrected chi connectivity index (χ2v) is 6.77. The molecule has 0 saturated heterocycles. The highest BCUT2D eigenvalue weighted by Crippen LogP contribution is 2.36. The van der Waals surface area contributed by atoms with Crippen molar-refractivity contribution in [2.45, 2.75) is 62.0 Å². The van der Waals surface area contributed by atoms with E-state index in [1.165, 1.54) is 32.1 Å². The second-order valence-electron chi connectivity index (χ2n) is 5.63. The SMILES string of the molecule is CCC1CCCCC1NCc1ccc(SC(F)(F)F)cc1. The summed E-state index contributed by atoms with van der Waals surface area (Å²) in [4.78, 5) is 0.246. The lowest BCUT2D eigenvalue weighted by Gasteiger charge is -2.31. The van der Waals surface area contributed by atoms with Gasteiger partial charge in [0.2, 0.25) is 0 Å². The zero-order valence-corrected chi connectivity index (χ0v) is 13.1. The molecule has 1 aromatic carbocycles. The maximum Gasteiger partial charge on any atom is 0.446 e. The fourth-order valence-corrected chi connectivity index (χ4v) is 3.56. The molecule has 0 amide bonds. The van der Waals surface area contributed by atoms with Crippen LogP contribution in [0.3, 0.4) is 0 Å². The van der Waals surface area contributed by atoms with E-state index in [4.69, 9.17) is 0 Å². The second kappa shape index (κ2) is 7.54. The van der Waals surface area contributed by atoms with Crippen LogP contribution in [0.15, 0.2) is 29.2 Å². The standard InChI is InChI=1S/C16H22F3NS/c1-2-13-5-3-4-6-15(13)20-11-12-7-9-14(10-8-12)21-16(17,18)19/h7-10,13,15,20H,2-6,11H2,1H3. The normalized spacial score (nSPS) is 23.2. The molecule has 1 saturated carbocycles. The quantitative estimate of drug-likeness (QED) is 0.734. The smallest absolute Gasteiger partial charge is 0.310 e. The van der Waals surface area contributed by atoms with Gasteiger partial charge in [0, 0.05) is 17.5 Å². The summed E-state index contributed by atoms with van der Waals surface area (Å²) >= 11 is -0.0608. The van der Waals surface area contributed by atoms with E-state index in [-0.39, 0.29) is 16.7 Å². The lowest BCUT2D eigenvalue weighted by Crippen LogP contribution is -2.37. The first kappa shape index (κ1) is 16.7. The molecule has 1 aromatic rings. The number of benzene rings is 1. The number of hydrogen-bond acceptors (Lipinski definition) is 2. The van der Waals surface area contributed by atoms with Gasteiger partial charge in [-0.05, 0) is 48.2 Å². The van der Waals surface area contributed by atoms with Gasteiger partial charge in [-0.25, -0.2) is 0 Å². The fourth-order valence-electron chi connectivity index (χ4n) is 3.02. The van der Waals surface area contributed by atoms with Gasteiger partial charge in [-0.15, -0.1) is 0 Å². The number of rotatable bonds is 5. The summed E-state index contributed by atoms with van der Waals surface area (Å²) in [5, 5.41) is 3.58. The van der Waals surface area contributed by atoms with Crippen molar-refractivity contribution in [2.75, 3.05) is 0 Å². The van der Waals surface area contributed by atoms with Gasteiger partial charge in [0.05, 0.1) is 0 Å². The summed E-state index contributed by atoms with van der Waals surface area (Å²) in [6.45, 7) is 2.96. The molecule has 2 unspecified atom stereocenters. The van der Waals surface area contributed by atoms with Gasteiger partial charge < -0.3 is 5.32 Å². The highest BCUT2D eigenvalue weighted by Gasteiger charge is 2.29. The molecule has 1 nitrogen and oxygen atoms in total. The van der Waals surface area contributed by atoms with Crippen molar-refractivity contribution >= 4 is 11.8 Å². The van der Waals surface area contributed by atoms with Crippen molar-refractivity contribution in [3.8, 4) is 0 Å². The molecular formula is C16H22F3NS. The van der Waals surface area contributed by atoms with E-state index in [9.17, 15) is 13.2 Å². The van der Waals surface area contributed by atoms with Gasteiger partial charge in [-0.2, -0.15) is 13.2 Å². The largest absolute Gasteiger partial charge is 0.446 e. The van der Waals surface area contributed by atoms with Crippen LogP contribution in [0.1, 0.15) is 44.6 Å². The van der Waals surface area contributed by atoms with Crippen LogP contribution in [0.25, 0.3) is 0 Å². The minimum absolute atomic E-state index is 0.0608. The number of nitrogens with one attached hydrogen (secondary N) is 1. The van der Waals surface area contributed by atoms with Gasteiger partial charge >= 0.3 is 5.51 Å². The first-order valence-corrected chi connectivity index (χ1v) is 8.37. The fraction of sp³-hybridized carbons (Fsp3) is 0.625. The van der Waals surface area contributed by atoms with Crippen molar-refractivity contribution in [1.29, 1.82) is 0 Å². The highest BCUT2D eigenvalue weighted by molar-refractivity contribution is 8.00. The van der Waals surface area contributed by atoms with Crippen LogP contribution < -0.4 is 5.32 Å². The topological polar surface area (TPSA) is 12.0 Å². The third-order valence-corrected chi connectivity index (χ3v) is 4.90. The Morgan fingerprint density at radius 1 is 1.14 bits per heavy atom. The van der Waals surface area contributed by atoms with Crippen LogP contribution in [-0.2, 0) is 6.54 Å². The van der Waals surface area contributed by atoms with E-state index in [1.54, 1.807) is 24.3 Å². The average Bonchev–Trinajstić information content (AvgIpc) is 2.45. The zero-order valence-electron chi connectivity index (χ0n) is 12.2. The molecule has 0 heterocycles. The molecule has 1 aliphatic rings. The van der Waals surface area contributed by atoms with Crippen molar-refractivity contribution in [3.05, 3.63) is 29.8 Å². The van der Waals surface area contributed by atoms with Gasteiger partial charge in [0.1, 0.15) is 0 Å². The van der Waals surface area contributed by atoms with Crippen LogP contribution in [0.2, 0.25) is 0 Å². The Kier molecular flexibility index (Phi) is 5.99. The summed E-state index contributed by atoms with van der Waals surface area (Å²) in [5.41, 5.74) is -3.17. The molecule has 0 aromatic heterocycles. The lowest BCUT2D eigenvalue weighted by molar-refractivity contribution is -0.0328. The molecule has 1 N–H and O–H groups in total. The third kappa shape index (κ3) is 5.55. The van der Waals surface area contributed by atoms with Crippen LogP contribution in [0.4, 0.5) is 13.2 Å². The molecular weight excluding hydrogens is 295 g/mol. The van der Waals surface area contributed by atoms with Crippen molar-refractivity contribution in [1.82, 2.24) is 5.32 Å². The van der Waals surface area contributed by atoms with E-state index in [2.05, 4.69) is 12.2 Å². The summed E-state index contributed by atoms with van der Waals surface area (Å²) in [6.07, 6.45) is 6.28. The maximum absolute atomic E-state index is 12.3. The molecule has 0 radical (unpaired) electrons. The van der Waals surface area contributed by atoms with Crippen molar-refractivity contribution in [3.63, 3.8) is 0 Å². The molecule has 0 aliphatic heterocycles. The number of alkyl halides is 3. The average molecular weight is 317 g/mol. The maximum atomic E-state index is 12.3. The Morgan fingerprint density at radius 2 is 1.81 bits per heavy atom. The Bertz CT molecular complexity index is 430. The highest BCUT2D eigenvalue weighted by atomic mass is 32.2. The summed E-state index contributed by atoms with van der Waals surface area (Å²) < 4.78 is 36.8. The van der Waals surface area contributed by atoms with E-state index in [1.807, 2.05) is 0 Å². The molecule has 118 valence electrons. The molecule has 21 heavy (non-hydrogen) atoms. The summed E-state index contributed by atoms with van der Waals surface area (Å²) in [5.74, 6) is 0.735. The predicted molar refractivity (Wildman–Crippen MR) is 81.2 cm³/mol. The molecule has 2 rings (SSSR count). The van der Waals surface area contributed by atoms with E-state index < -0.39 is 5.51 Å². The number of hydrogen-bond donors (Lipinski definition) is 1. The van der Waals surface area contributed by atoms with Gasteiger partial charge in [0.25, 0.3) is 0 Å². The van der Waals surface area contributed by atoms with Gasteiger partial charge in [-0.1, -0.05) is 38.3 Å². The van der Waals surface area contributed by atoms with E-state index >= 15 is 0 Å². The first-order chi connectivity index (χ1) is 9.98. The Hall–Kier alpha value is -0.680. The lowest BCUT2D eigenvalue weighted by atomic mass is 9.83. The van der Waals surface area contributed by atoms with Crippen molar-refractivity contribution in [2.24, 2.45) is 5.92 Å². The van der Waals surface area contributed by atoms with Crippen LogP contribution in [0.5, 0.6) is 0 Å². The number of thioether (sulfide) groups is 1. The minimum Gasteiger partial charge on any atom is -0.310 e. The molecule has 2 atom stereocenters. The molecule has 5 heteroatoms. The van der Waals surface area contributed by atoms with E-state index in [0.717, 1.165) is 18.0 Å².